The maximum Gasteiger partial charge on any atom is 0.319 e. The number of fused-ring (bicyclic) bond motifs is 5. The van der Waals surface area contributed by atoms with E-state index in [0.29, 0.717) is 29.8 Å². The molecule has 2 aromatic heterocycles. The molecule has 1 aromatic carbocycles. The molecule has 2 N–H and O–H groups in total. The summed E-state index contributed by atoms with van der Waals surface area (Å²) in [5.41, 5.74) is 4.15. The number of hydrogen-bond acceptors (Lipinski definition) is 7. The molecule has 0 saturated carbocycles. The third-order valence-corrected chi connectivity index (χ3v) is 8.48. The van der Waals surface area contributed by atoms with Crippen molar-refractivity contribution in [1.29, 1.82) is 0 Å². The monoisotopic (exact) mass is 502 g/mol. The van der Waals surface area contributed by atoms with Gasteiger partial charge in [0.2, 0.25) is 0 Å². The molecule has 8 heteroatoms. The minimum atomic E-state index is -1.22. The van der Waals surface area contributed by atoms with Crippen molar-refractivity contribution in [3.05, 3.63) is 62.9 Å². The number of carbonyl (C=O) groups excluding carboxylic acids is 1. The standard InChI is InChI=1S/C29H34N4O4/c1-2-29(18-34)23-14-24-26-21(16-33(24)27(35)22(23)17-37-28(29)36)13-19-7-6-8-20(25(19)31-26)15-30-9-12-32-10-4-3-5-11-32/h6-8,13-14,30,34H,2-5,9-12,15-18H2,1H3. The van der Waals surface area contributed by atoms with Crippen LogP contribution in [0.5, 0.6) is 0 Å². The number of para-hydroxylation sites is 1. The minimum absolute atomic E-state index is 0.0615. The Labute approximate surface area is 216 Å². The van der Waals surface area contributed by atoms with E-state index < -0.39 is 18.0 Å². The molecule has 1 fully saturated rings. The van der Waals surface area contributed by atoms with E-state index in [1.165, 1.54) is 32.4 Å². The van der Waals surface area contributed by atoms with E-state index in [0.717, 1.165) is 47.4 Å². The second kappa shape index (κ2) is 9.67. The first-order chi connectivity index (χ1) is 18.1. The molecule has 5 heterocycles. The molecule has 8 nitrogen and oxygen atoms in total. The molecule has 0 aliphatic carbocycles. The molecule has 0 radical (unpaired) electrons. The second-order valence-corrected chi connectivity index (χ2v) is 10.5. The number of rotatable bonds is 7. The third-order valence-electron chi connectivity index (χ3n) is 8.48. The number of benzene rings is 1. The summed E-state index contributed by atoms with van der Waals surface area (Å²) in [7, 11) is 0. The fourth-order valence-corrected chi connectivity index (χ4v) is 6.19. The maximum atomic E-state index is 13.5. The van der Waals surface area contributed by atoms with Crippen molar-refractivity contribution < 1.29 is 14.6 Å². The minimum Gasteiger partial charge on any atom is -0.460 e. The van der Waals surface area contributed by atoms with E-state index in [1.54, 1.807) is 4.57 Å². The number of aliphatic hydroxyl groups is 1. The van der Waals surface area contributed by atoms with Crippen molar-refractivity contribution in [2.45, 2.75) is 57.7 Å². The summed E-state index contributed by atoms with van der Waals surface area (Å²) < 4.78 is 7.07. The molecule has 1 saturated heterocycles. The smallest absolute Gasteiger partial charge is 0.319 e. The summed E-state index contributed by atoms with van der Waals surface area (Å²) >= 11 is 0. The number of cyclic esters (lactones) is 1. The SMILES string of the molecule is CCC1(CO)C(=O)OCc2c1cc1n(c2=O)Cc2cc3cccc(CNCCN4CCCCC4)c3nc2-1. The zero-order valence-electron chi connectivity index (χ0n) is 21.4. The van der Waals surface area contributed by atoms with Crippen LogP contribution in [0.3, 0.4) is 0 Å². The van der Waals surface area contributed by atoms with Gasteiger partial charge in [-0.1, -0.05) is 31.5 Å². The number of aliphatic hydroxyl groups excluding tert-OH is 1. The van der Waals surface area contributed by atoms with Crippen LogP contribution in [0, 0.1) is 0 Å². The Hall–Kier alpha value is -3.07. The van der Waals surface area contributed by atoms with E-state index in [4.69, 9.17) is 9.72 Å². The van der Waals surface area contributed by atoms with E-state index in [1.807, 2.05) is 13.0 Å². The van der Waals surface area contributed by atoms with Crippen molar-refractivity contribution in [3.8, 4) is 11.4 Å². The molecular weight excluding hydrogens is 468 g/mol. The number of piperidine rings is 1. The van der Waals surface area contributed by atoms with Crippen molar-refractivity contribution >= 4 is 16.9 Å². The van der Waals surface area contributed by atoms with Crippen LogP contribution in [-0.2, 0) is 34.6 Å². The van der Waals surface area contributed by atoms with E-state index in [-0.39, 0.29) is 12.2 Å². The van der Waals surface area contributed by atoms with E-state index in [9.17, 15) is 14.7 Å². The first-order valence-corrected chi connectivity index (χ1v) is 13.5. The van der Waals surface area contributed by atoms with Gasteiger partial charge in [0.15, 0.2) is 0 Å². The lowest BCUT2D eigenvalue weighted by Gasteiger charge is -2.34. The molecule has 3 aliphatic rings. The van der Waals surface area contributed by atoms with Crippen LogP contribution in [0.4, 0.5) is 0 Å². The molecule has 37 heavy (non-hydrogen) atoms. The van der Waals surface area contributed by atoms with Gasteiger partial charge < -0.3 is 24.6 Å². The number of nitrogens with zero attached hydrogens (tertiary/aromatic N) is 3. The van der Waals surface area contributed by atoms with Crippen LogP contribution in [0.2, 0.25) is 0 Å². The summed E-state index contributed by atoms with van der Waals surface area (Å²) in [6, 6.07) is 10.2. The highest BCUT2D eigenvalue weighted by atomic mass is 16.5. The number of carbonyl (C=O) groups is 1. The van der Waals surface area contributed by atoms with E-state index in [2.05, 4.69) is 34.5 Å². The molecule has 6 rings (SSSR count). The van der Waals surface area contributed by atoms with Crippen LogP contribution in [0.25, 0.3) is 22.3 Å². The lowest BCUT2D eigenvalue weighted by atomic mass is 9.75. The molecule has 3 aromatic rings. The van der Waals surface area contributed by atoms with Crippen LogP contribution >= 0.6 is 0 Å². The van der Waals surface area contributed by atoms with Gasteiger partial charge in [-0.05, 0) is 55.6 Å². The van der Waals surface area contributed by atoms with E-state index >= 15 is 0 Å². The Balaban J connectivity index is 1.34. The predicted molar refractivity (Wildman–Crippen MR) is 141 cm³/mol. The zero-order valence-corrected chi connectivity index (χ0v) is 21.4. The Morgan fingerprint density at radius 3 is 2.78 bits per heavy atom. The average Bonchev–Trinajstić information content (AvgIpc) is 3.29. The van der Waals surface area contributed by atoms with Gasteiger partial charge in [0.25, 0.3) is 5.56 Å². The highest BCUT2D eigenvalue weighted by Gasteiger charge is 2.46. The average molecular weight is 503 g/mol. The van der Waals surface area contributed by atoms with Crippen molar-refractivity contribution in [2.75, 3.05) is 32.8 Å². The summed E-state index contributed by atoms with van der Waals surface area (Å²) in [5.74, 6) is -0.475. The first kappa shape index (κ1) is 24.3. The van der Waals surface area contributed by atoms with Gasteiger partial charge >= 0.3 is 5.97 Å². The van der Waals surface area contributed by atoms with Crippen molar-refractivity contribution in [2.24, 2.45) is 0 Å². The Morgan fingerprint density at radius 1 is 1.16 bits per heavy atom. The normalized spacial score (nSPS) is 21.0. The van der Waals surface area contributed by atoms with Crippen LogP contribution in [0.1, 0.15) is 54.9 Å². The number of pyridine rings is 2. The van der Waals surface area contributed by atoms with Gasteiger partial charge in [-0.15, -0.1) is 0 Å². The van der Waals surface area contributed by atoms with Gasteiger partial charge in [0, 0.05) is 30.6 Å². The molecule has 0 spiro atoms. The fraction of sp³-hybridized carbons (Fsp3) is 0.483. The topological polar surface area (TPSA) is 96.7 Å². The lowest BCUT2D eigenvalue weighted by Crippen LogP contribution is -2.47. The number of likely N-dealkylation sites (tertiary alicyclic amines) is 1. The molecule has 1 unspecified atom stereocenters. The number of ether oxygens (including phenoxy) is 1. The third kappa shape index (κ3) is 3.98. The van der Waals surface area contributed by atoms with Gasteiger partial charge in [0.1, 0.15) is 12.0 Å². The number of esters is 1. The highest BCUT2D eigenvalue weighted by Crippen LogP contribution is 2.40. The van der Waals surface area contributed by atoms with Gasteiger partial charge in [-0.2, -0.15) is 0 Å². The Kier molecular flexibility index (Phi) is 6.34. The van der Waals surface area contributed by atoms with Crippen LogP contribution in [0.15, 0.2) is 35.1 Å². The van der Waals surface area contributed by atoms with Crippen molar-refractivity contribution in [1.82, 2.24) is 19.8 Å². The molecular formula is C29H34N4O4. The Bertz CT molecular complexity index is 1420. The van der Waals surface area contributed by atoms with Gasteiger partial charge in [-0.3, -0.25) is 9.59 Å². The zero-order chi connectivity index (χ0) is 25.6. The van der Waals surface area contributed by atoms with Gasteiger partial charge in [0.05, 0.1) is 35.6 Å². The fourth-order valence-electron chi connectivity index (χ4n) is 6.19. The molecule has 3 aliphatic heterocycles. The molecule has 1 atom stereocenters. The second-order valence-electron chi connectivity index (χ2n) is 10.5. The summed E-state index contributed by atoms with van der Waals surface area (Å²) in [4.78, 5) is 33.9. The molecule has 0 bridgehead atoms. The van der Waals surface area contributed by atoms with Crippen LogP contribution in [-0.4, -0.2) is 58.3 Å². The summed E-state index contributed by atoms with van der Waals surface area (Å²) in [5, 5.41) is 14.9. The predicted octanol–water partition coefficient (Wildman–Crippen LogP) is 2.70. The quantitative estimate of drug-likeness (QED) is 0.296. The molecule has 194 valence electrons. The number of hydrogen-bond donors (Lipinski definition) is 2. The Morgan fingerprint density at radius 2 is 2.00 bits per heavy atom. The van der Waals surface area contributed by atoms with Crippen LogP contribution < -0.4 is 10.9 Å². The largest absolute Gasteiger partial charge is 0.460 e. The summed E-state index contributed by atoms with van der Waals surface area (Å²) in [6.45, 7) is 6.91. The maximum absolute atomic E-state index is 13.5. The number of aromatic nitrogens is 2. The molecule has 0 amide bonds. The summed E-state index contributed by atoms with van der Waals surface area (Å²) in [6.07, 6.45) is 4.29. The first-order valence-electron chi connectivity index (χ1n) is 13.5. The number of nitrogens with one attached hydrogen (secondary N) is 1. The van der Waals surface area contributed by atoms with Gasteiger partial charge in [-0.25, -0.2) is 4.98 Å². The lowest BCUT2D eigenvalue weighted by molar-refractivity contribution is -0.156. The highest BCUT2D eigenvalue weighted by molar-refractivity contribution is 5.88. The van der Waals surface area contributed by atoms with Crippen molar-refractivity contribution in [3.63, 3.8) is 0 Å².